The molecule has 0 aromatic heterocycles. The zero-order valence-corrected chi connectivity index (χ0v) is 9.51. The zero-order chi connectivity index (χ0) is 10.4. The Kier molecular flexibility index (Phi) is 4.85. The molecule has 1 fully saturated rings. The molecule has 0 aliphatic carbocycles. The number of nitrogens with two attached hydrogens (primary N) is 1. The molecule has 1 aliphatic heterocycles. The molecule has 0 aromatic rings. The van der Waals surface area contributed by atoms with Crippen LogP contribution in [0.2, 0.25) is 0 Å². The van der Waals surface area contributed by atoms with Crippen LogP contribution in [-0.2, 0) is 4.74 Å². The summed E-state index contributed by atoms with van der Waals surface area (Å²) in [4.78, 5) is 0. The van der Waals surface area contributed by atoms with Gasteiger partial charge in [-0.1, -0.05) is 26.7 Å². The van der Waals surface area contributed by atoms with E-state index in [9.17, 15) is 0 Å². The van der Waals surface area contributed by atoms with Gasteiger partial charge in [-0.05, 0) is 18.9 Å². The first-order valence-corrected chi connectivity index (χ1v) is 5.79. The molecule has 1 unspecified atom stereocenters. The Hall–Kier alpha value is -0.120. The molecule has 1 heterocycles. The third-order valence-electron chi connectivity index (χ3n) is 3.41. The molecule has 84 valence electrons. The van der Waals surface area contributed by atoms with Gasteiger partial charge in [0.1, 0.15) is 0 Å². The van der Waals surface area contributed by atoms with Crippen molar-refractivity contribution in [1.82, 2.24) is 5.32 Å². The van der Waals surface area contributed by atoms with Crippen LogP contribution in [-0.4, -0.2) is 31.8 Å². The number of rotatable bonds is 6. The molecule has 1 atom stereocenters. The number of hydrogen-bond acceptors (Lipinski definition) is 3. The molecule has 0 radical (unpaired) electrons. The Labute approximate surface area is 87.4 Å². The van der Waals surface area contributed by atoms with Crippen LogP contribution >= 0.6 is 0 Å². The molecule has 0 aromatic carbocycles. The number of ether oxygens (including phenoxy) is 1. The standard InChI is InChI=1S/C11H24N2O/c1-3-10(4-2)7-13-11(8-12)5-6-14-9-11/h10,13H,3-9,12H2,1-2H3. The highest BCUT2D eigenvalue weighted by molar-refractivity contribution is 4.92. The average Bonchev–Trinajstić information content (AvgIpc) is 2.69. The van der Waals surface area contributed by atoms with Crippen molar-refractivity contribution >= 4 is 0 Å². The largest absolute Gasteiger partial charge is 0.379 e. The fourth-order valence-corrected chi connectivity index (χ4v) is 1.92. The fourth-order valence-electron chi connectivity index (χ4n) is 1.92. The monoisotopic (exact) mass is 200 g/mol. The molecular formula is C11H24N2O. The third kappa shape index (κ3) is 2.94. The van der Waals surface area contributed by atoms with E-state index in [4.69, 9.17) is 10.5 Å². The van der Waals surface area contributed by atoms with E-state index in [1.54, 1.807) is 0 Å². The second-order valence-electron chi connectivity index (χ2n) is 4.35. The highest BCUT2D eigenvalue weighted by Crippen LogP contribution is 2.18. The molecule has 0 amide bonds. The van der Waals surface area contributed by atoms with Crippen LogP contribution in [0.3, 0.4) is 0 Å². The zero-order valence-electron chi connectivity index (χ0n) is 9.51. The fraction of sp³-hybridized carbons (Fsp3) is 1.00. The van der Waals surface area contributed by atoms with E-state index in [1.165, 1.54) is 12.8 Å². The average molecular weight is 200 g/mol. The lowest BCUT2D eigenvalue weighted by Gasteiger charge is -2.29. The molecule has 3 N–H and O–H groups in total. The summed E-state index contributed by atoms with van der Waals surface area (Å²) in [6, 6.07) is 0. The quantitative estimate of drug-likeness (QED) is 0.675. The van der Waals surface area contributed by atoms with Crippen LogP contribution in [0, 0.1) is 5.92 Å². The van der Waals surface area contributed by atoms with Gasteiger partial charge in [-0.3, -0.25) is 0 Å². The highest BCUT2D eigenvalue weighted by atomic mass is 16.5. The van der Waals surface area contributed by atoms with E-state index in [2.05, 4.69) is 19.2 Å². The van der Waals surface area contributed by atoms with Crippen molar-refractivity contribution in [3.8, 4) is 0 Å². The Morgan fingerprint density at radius 1 is 1.43 bits per heavy atom. The summed E-state index contributed by atoms with van der Waals surface area (Å²) < 4.78 is 5.41. The van der Waals surface area contributed by atoms with Crippen molar-refractivity contribution < 1.29 is 4.74 Å². The number of hydrogen-bond donors (Lipinski definition) is 2. The summed E-state index contributed by atoms with van der Waals surface area (Å²) in [5.74, 6) is 0.777. The minimum absolute atomic E-state index is 0.0720. The van der Waals surface area contributed by atoms with E-state index >= 15 is 0 Å². The Morgan fingerprint density at radius 2 is 2.14 bits per heavy atom. The lowest BCUT2D eigenvalue weighted by Crippen LogP contribution is -2.53. The minimum Gasteiger partial charge on any atom is -0.379 e. The first kappa shape index (κ1) is 12.0. The molecule has 1 saturated heterocycles. The van der Waals surface area contributed by atoms with Gasteiger partial charge >= 0.3 is 0 Å². The van der Waals surface area contributed by atoms with Gasteiger partial charge in [0.15, 0.2) is 0 Å². The summed E-state index contributed by atoms with van der Waals surface area (Å²) in [5.41, 5.74) is 5.87. The van der Waals surface area contributed by atoms with Gasteiger partial charge in [0.2, 0.25) is 0 Å². The Balaban J connectivity index is 2.33. The Morgan fingerprint density at radius 3 is 2.57 bits per heavy atom. The van der Waals surface area contributed by atoms with Crippen molar-refractivity contribution in [1.29, 1.82) is 0 Å². The smallest absolute Gasteiger partial charge is 0.0661 e. The minimum atomic E-state index is 0.0720. The van der Waals surface area contributed by atoms with E-state index in [0.717, 1.165) is 32.1 Å². The molecule has 0 saturated carbocycles. The van der Waals surface area contributed by atoms with E-state index < -0.39 is 0 Å². The molecule has 3 heteroatoms. The van der Waals surface area contributed by atoms with Gasteiger partial charge in [0, 0.05) is 13.2 Å². The van der Waals surface area contributed by atoms with Gasteiger partial charge in [-0.15, -0.1) is 0 Å². The molecule has 3 nitrogen and oxygen atoms in total. The van der Waals surface area contributed by atoms with Crippen LogP contribution in [0.25, 0.3) is 0 Å². The molecule has 14 heavy (non-hydrogen) atoms. The van der Waals surface area contributed by atoms with Crippen molar-refractivity contribution in [3.05, 3.63) is 0 Å². The van der Waals surface area contributed by atoms with Gasteiger partial charge in [0.25, 0.3) is 0 Å². The summed E-state index contributed by atoms with van der Waals surface area (Å²) in [6.45, 7) is 7.89. The van der Waals surface area contributed by atoms with Gasteiger partial charge in [0.05, 0.1) is 12.1 Å². The third-order valence-corrected chi connectivity index (χ3v) is 3.41. The lowest BCUT2D eigenvalue weighted by atomic mass is 9.96. The van der Waals surface area contributed by atoms with E-state index in [-0.39, 0.29) is 5.54 Å². The molecule has 1 aliphatic rings. The molecule has 0 bridgehead atoms. The van der Waals surface area contributed by atoms with Gasteiger partial charge < -0.3 is 15.8 Å². The first-order chi connectivity index (χ1) is 6.76. The van der Waals surface area contributed by atoms with E-state index in [0.29, 0.717) is 6.54 Å². The van der Waals surface area contributed by atoms with Crippen molar-refractivity contribution in [2.45, 2.75) is 38.6 Å². The maximum Gasteiger partial charge on any atom is 0.0661 e. The second kappa shape index (κ2) is 5.69. The summed E-state index contributed by atoms with van der Waals surface area (Å²) in [7, 11) is 0. The molecule has 1 rings (SSSR count). The maximum atomic E-state index is 5.80. The van der Waals surface area contributed by atoms with Crippen LogP contribution < -0.4 is 11.1 Å². The normalized spacial score (nSPS) is 27.4. The summed E-state index contributed by atoms with van der Waals surface area (Å²) >= 11 is 0. The molecular weight excluding hydrogens is 176 g/mol. The summed E-state index contributed by atoms with van der Waals surface area (Å²) in [5, 5.41) is 3.60. The van der Waals surface area contributed by atoms with Crippen LogP contribution in [0.1, 0.15) is 33.1 Å². The van der Waals surface area contributed by atoms with E-state index in [1.807, 2.05) is 0 Å². The van der Waals surface area contributed by atoms with Crippen molar-refractivity contribution in [2.75, 3.05) is 26.3 Å². The maximum absolute atomic E-state index is 5.80. The highest BCUT2D eigenvalue weighted by Gasteiger charge is 2.33. The van der Waals surface area contributed by atoms with Gasteiger partial charge in [-0.2, -0.15) is 0 Å². The molecule has 0 spiro atoms. The topological polar surface area (TPSA) is 47.3 Å². The van der Waals surface area contributed by atoms with Crippen molar-refractivity contribution in [3.63, 3.8) is 0 Å². The predicted molar refractivity (Wildman–Crippen MR) is 59.3 cm³/mol. The summed E-state index contributed by atoms with van der Waals surface area (Å²) in [6.07, 6.45) is 3.54. The lowest BCUT2D eigenvalue weighted by molar-refractivity contribution is 0.165. The van der Waals surface area contributed by atoms with Crippen LogP contribution in [0.15, 0.2) is 0 Å². The first-order valence-electron chi connectivity index (χ1n) is 5.79. The number of nitrogens with one attached hydrogen (secondary N) is 1. The second-order valence-corrected chi connectivity index (χ2v) is 4.35. The predicted octanol–water partition coefficient (Wildman–Crippen LogP) is 1.13. The Bertz CT molecular complexity index is 151. The van der Waals surface area contributed by atoms with Gasteiger partial charge in [-0.25, -0.2) is 0 Å². The van der Waals surface area contributed by atoms with Crippen LogP contribution in [0.4, 0.5) is 0 Å². The van der Waals surface area contributed by atoms with Crippen LogP contribution in [0.5, 0.6) is 0 Å². The SMILES string of the molecule is CCC(CC)CNC1(CN)CCOC1. The van der Waals surface area contributed by atoms with Crippen molar-refractivity contribution in [2.24, 2.45) is 11.7 Å².